The summed E-state index contributed by atoms with van der Waals surface area (Å²) in [5.41, 5.74) is 3.74. The van der Waals surface area contributed by atoms with E-state index in [1.807, 2.05) is 36.1 Å². The molecule has 0 fully saturated rings. The molecule has 4 rings (SSSR count). The Hall–Kier alpha value is -3.12. The lowest BCUT2D eigenvalue weighted by molar-refractivity contribution is 0.473. The van der Waals surface area contributed by atoms with Crippen LogP contribution in [-0.2, 0) is 9.84 Å². The standard InChI is InChI=1S/C23H20FNO3S/c1-16-22-14-17(24)10-11-20(22)21-8-2-3-9-23(21)25(16)12-5-13-29(27,28)19-7-4-6-18(26)15-19/h2-12,14-16,26H,13H2,1H3. The Bertz CT molecular complexity index is 1200. The molecule has 0 aromatic heterocycles. The van der Waals surface area contributed by atoms with Crippen molar-refractivity contribution in [2.75, 3.05) is 10.7 Å². The minimum absolute atomic E-state index is 0.0710. The largest absolute Gasteiger partial charge is 0.508 e. The zero-order chi connectivity index (χ0) is 20.6. The maximum atomic E-state index is 13.9. The molecule has 0 spiro atoms. The van der Waals surface area contributed by atoms with Gasteiger partial charge < -0.3 is 10.0 Å². The smallest absolute Gasteiger partial charge is 0.182 e. The highest BCUT2D eigenvalue weighted by Gasteiger charge is 2.27. The molecule has 3 aromatic rings. The molecule has 29 heavy (non-hydrogen) atoms. The summed E-state index contributed by atoms with van der Waals surface area (Å²) in [6.07, 6.45) is 3.31. The van der Waals surface area contributed by atoms with E-state index in [0.29, 0.717) is 0 Å². The third-order valence-electron chi connectivity index (χ3n) is 5.11. The fourth-order valence-corrected chi connectivity index (χ4v) is 4.79. The van der Waals surface area contributed by atoms with Crippen molar-refractivity contribution < 1.29 is 17.9 Å². The van der Waals surface area contributed by atoms with Gasteiger partial charge >= 0.3 is 0 Å². The lowest BCUT2D eigenvalue weighted by atomic mass is 9.89. The average Bonchev–Trinajstić information content (AvgIpc) is 2.70. The summed E-state index contributed by atoms with van der Waals surface area (Å²) < 4.78 is 39.0. The summed E-state index contributed by atoms with van der Waals surface area (Å²) in [6.45, 7) is 1.96. The van der Waals surface area contributed by atoms with Crippen LogP contribution in [0.25, 0.3) is 11.1 Å². The van der Waals surface area contributed by atoms with Crippen LogP contribution in [0.3, 0.4) is 0 Å². The number of sulfone groups is 1. The first-order valence-electron chi connectivity index (χ1n) is 9.22. The van der Waals surface area contributed by atoms with Gasteiger partial charge in [0.05, 0.1) is 16.7 Å². The van der Waals surface area contributed by atoms with Crippen molar-refractivity contribution >= 4 is 15.5 Å². The van der Waals surface area contributed by atoms with Crippen molar-refractivity contribution in [3.8, 4) is 16.9 Å². The molecule has 1 unspecified atom stereocenters. The van der Waals surface area contributed by atoms with Crippen LogP contribution < -0.4 is 4.90 Å². The van der Waals surface area contributed by atoms with Gasteiger partial charge in [0.15, 0.2) is 9.84 Å². The molecule has 6 heteroatoms. The Kier molecular flexibility index (Phi) is 4.88. The number of nitrogens with zero attached hydrogens (tertiary/aromatic N) is 1. The number of phenols is 1. The second-order valence-corrected chi connectivity index (χ2v) is 9.03. The Morgan fingerprint density at radius 2 is 1.83 bits per heavy atom. The van der Waals surface area contributed by atoms with Crippen LogP contribution in [0.15, 0.2) is 83.9 Å². The number of halogens is 1. The van der Waals surface area contributed by atoms with Gasteiger partial charge in [0.1, 0.15) is 11.6 Å². The van der Waals surface area contributed by atoms with E-state index in [0.717, 1.165) is 22.4 Å². The highest BCUT2D eigenvalue weighted by molar-refractivity contribution is 7.91. The van der Waals surface area contributed by atoms with Crippen molar-refractivity contribution in [2.45, 2.75) is 17.9 Å². The number of anilines is 1. The predicted molar refractivity (Wildman–Crippen MR) is 112 cm³/mol. The summed E-state index contributed by atoms with van der Waals surface area (Å²) in [5, 5.41) is 9.54. The topological polar surface area (TPSA) is 57.6 Å². The van der Waals surface area contributed by atoms with E-state index >= 15 is 0 Å². The first-order chi connectivity index (χ1) is 13.9. The van der Waals surface area contributed by atoms with Gasteiger partial charge in [0.25, 0.3) is 0 Å². The SMILES string of the molecule is CC1c2cc(F)ccc2-c2ccccc2N1C=CCS(=O)(=O)c1cccc(O)c1. The number of aromatic hydroxyl groups is 1. The number of hydrogen-bond acceptors (Lipinski definition) is 4. The Balaban J connectivity index is 1.67. The van der Waals surface area contributed by atoms with Crippen molar-refractivity contribution in [2.24, 2.45) is 0 Å². The minimum atomic E-state index is -3.58. The van der Waals surface area contributed by atoms with Gasteiger partial charge in [-0.3, -0.25) is 0 Å². The monoisotopic (exact) mass is 409 g/mol. The van der Waals surface area contributed by atoms with E-state index in [1.54, 1.807) is 18.3 Å². The molecule has 3 aromatic carbocycles. The molecular weight excluding hydrogens is 389 g/mol. The zero-order valence-electron chi connectivity index (χ0n) is 15.8. The van der Waals surface area contributed by atoms with E-state index in [-0.39, 0.29) is 28.3 Å². The van der Waals surface area contributed by atoms with Crippen molar-refractivity contribution in [3.05, 3.63) is 90.4 Å². The highest BCUT2D eigenvalue weighted by atomic mass is 32.2. The predicted octanol–water partition coefficient (Wildman–Crippen LogP) is 5.07. The molecule has 0 amide bonds. The first kappa shape index (κ1) is 19.2. The van der Waals surface area contributed by atoms with E-state index in [4.69, 9.17) is 0 Å². The second-order valence-electron chi connectivity index (χ2n) is 7.00. The molecule has 4 nitrogen and oxygen atoms in total. The van der Waals surface area contributed by atoms with Crippen LogP contribution in [0.4, 0.5) is 10.1 Å². The molecule has 1 aliphatic rings. The van der Waals surface area contributed by atoms with Gasteiger partial charge in [-0.05, 0) is 54.4 Å². The number of rotatable bonds is 4. The van der Waals surface area contributed by atoms with Crippen LogP contribution >= 0.6 is 0 Å². The summed E-state index contributed by atoms with van der Waals surface area (Å²) >= 11 is 0. The van der Waals surface area contributed by atoms with E-state index in [2.05, 4.69) is 0 Å². The first-order valence-corrected chi connectivity index (χ1v) is 10.9. The van der Waals surface area contributed by atoms with Crippen LogP contribution in [0.1, 0.15) is 18.5 Å². The lowest BCUT2D eigenvalue weighted by Gasteiger charge is -2.36. The Morgan fingerprint density at radius 1 is 1.03 bits per heavy atom. The molecule has 0 saturated carbocycles. The fraction of sp³-hybridized carbons (Fsp3) is 0.130. The lowest BCUT2D eigenvalue weighted by Crippen LogP contribution is -2.25. The van der Waals surface area contributed by atoms with Crippen LogP contribution in [0.5, 0.6) is 5.75 Å². The minimum Gasteiger partial charge on any atom is -0.508 e. The normalized spacial score (nSPS) is 15.9. The molecule has 1 atom stereocenters. The Labute approximate surface area is 169 Å². The van der Waals surface area contributed by atoms with Gasteiger partial charge in [-0.25, -0.2) is 12.8 Å². The maximum Gasteiger partial charge on any atom is 0.182 e. The summed E-state index contributed by atoms with van der Waals surface area (Å²) in [6, 6.07) is 18.0. The third kappa shape index (κ3) is 3.63. The summed E-state index contributed by atoms with van der Waals surface area (Å²) in [5.74, 6) is -0.602. The van der Waals surface area contributed by atoms with Crippen LogP contribution in [0.2, 0.25) is 0 Å². The van der Waals surface area contributed by atoms with Crippen LogP contribution in [0, 0.1) is 5.82 Å². The van der Waals surface area contributed by atoms with Gasteiger partial charge in [-0.2, -0.15) is 0 Å². The molecule has 1 heterocycles. The van der Waals surface area contributed by atoms with Crippen molar-refractivity contribution in [1.82, 2.24) is 0 Å². The average molecular weight is 409 g/mol. The van der Waals surface area contributed by atoms with Crippen molar-refractivity contribution in [1.29, 1.82) is 0 Å². The Morgan fingerprint density at radius 3 is 2.62 bits per heavy atom. The molecule has 0 saturated heterocycles. The van der Waals surface area contributed by atoms with Gasteiger partial charge in [0.2, 0.25) is 0 Å². The number of benzene rings is 3. The molecule has 0 aliphatic carbocycles. The quantitative estimate of drug-likeness (QED) is 0.654. The van der Waals surface area contributed by atoms with Crippen LogP contribution in [-0.4, -0.2) is 19.3 Å². The maximum absolute atomic E-state index is 13.9. The number of para-hydroxylation sites is 1. The third-order valence-corrected chi connectivity index (χ3v) is 6.72. The van der Waals surface area contributed by atoms with E-state index < -0.39 is 9.84 Å². The molecular formula is C23H20FNO3S. The number of hydrogen-bond donors (Lipinski definition) is 1. The van der Waals surface area contributed by atoms with Gasteiger partial charge in [0, 0.05) is 17.5 Å². The molecule has 1 aliphatic heterocycles. The van der Waals surface area contributed by atoms with E-state index in [1.165, 1.54) is 36.4 Å². The van der Waals surface area contributed by atoms with Gasteiger partial charge in [-0.1, -0.05) is 36.4 Å². The zero-order valence-corrected chi connectivity index (χ0v) is 16.6. The van der Waals surface area contributed by atoms with E-state index in [9.17, 15) is 17.9 Å². The summed E-state index contributed by atoms with van der Waals surface area (Å²) in [4.78, 5) is 2.02. The number of phenolic OH excluding ortho intramolecular Hbond substituents is 1. The molecule has 148 valence electrons. The molecule has 0 radical (unpaired) electrons. The van der Waals surface area contributed by atoms with Gasteiger partial charge in [-0.15, -0.1) is 0 Å². The molecule has 0 bridgehead atoms. The fourth-order valence-electron chi connectivity index (χ4n) is 3.68. The number of fused-ring (bicyclic) bond motifs is 3. The second kappa shape index (κ2) is 7.37. The highest BCUT2D eigenvalue weighted by Crippen LogP contribution is 2.44. The molecule has 1 N–H and O–H groups in total. The summed E-state index contributed by atoms with van der Waals surface area (Å²) in [7, 11) is -3.58. The van der Waals surface area contributed by atoms with Crippen molar-refractivity contribution in [3.63, 3.8) is 0 Å².